The Morgan fingerprint density at radius 3 is 2.63 bits per heavy atom. The molecule has 0 fully saturated rings. The van der Waals surface area contributed by atoms with Crippen LogP contribution >= 0.6 is 0 Å². The molecule has 0 amide bonds. The number of ether oxygens (including phenoxy) is 1. The molecule has 8 heteroatoms. The summed E-state index contributed by atoms with van der Waals surface area (Å²) in [5.41, 5.74) is 0.619. The van der Waals surface area contributed by atoms with E-state index in [9.17, 15) is 23.2 Å². The molecule has 0 atom stereocenters. The van der Waals surface area contributed by atoms with Crippen LogP contribution in [0.15, 0.2) is 23.0 Å². The fraction of sp³-hybridized carbons (Fsp3) is 0.263. The highest BCUT2D eigenvalue weighted by molar-refractivity contribution is 5.98. The fourth-order valence-electron chi connectivity index (χ4n) is 2.65. The Hall–Kier alpha value is -3.34. The summed E-state index contributed by atoms with van der Waals surface area (Å²) >= 11 is 0. The number of nitriles is 1. The van der Waals surface area contributed by atoms with Crippen LogP contribution in [-0.2, 0) is 16.0 Å². The highest BCUT2D eigenvalue weighted by Crippen LogP contribution is 2.15. The van der Waals surface area contributed by atoms with Crippen molar-refractivity contribution in [2.75, 3.05) is 6.61 Å². The quantitative estimate of drug-likeness (QED) is 0.619. The predicted molar refractivity (Wildman–Crippen MR) is 91.2 cm³/mol. The van der Waals surface area contributed by atoms with Crippen molar-refractivity contribution in [1.82, 2.24) is 4.98 Å². The Morgan fingerprint density at radius 1 is 1.26 bits per heavy atom. The van der Waals surface area contributed by atoms with E-state index in [1.807, 2.05) is 6.07 Å². The lowest BCUT2D eigenvalue weighted by atomic mass is 9.99. The molecule has 27 heavy (non-hydrogen) atoms. The number of pyridine rings is 1. The molecule has 2 aromatic rings. The van der Waals surface area contributed by atoms with Crippen molar-refractivity contribution in [3.8, 4) is 6.07 Å². The van der Waals surface area contributed by atoms with Gasteiger partial charge in [0.25, 0.3) is 5.56 Å². The summed E-state index contributed by atoms with van der Waals surface area (Å²) in [4.78, 5) is 38.0. The van der Waals surface area contributed by atoms with Gasteiger partial charge in [0.2, 0.25) is 5.78 Å². The Bertz CT molecular complexity index is 1010. The molecule has 2 rings (SSSR count). The van der Waals surface area contributed by atoms with Crippen LogP contribution in [0.2, 0.25) is 0 Å². The van der Waals surface area contributed by atoms with Crippen LogP contribution in [0.3, 0.4) is 0 Å². The lowest BCUT2D eigenvalue weighted by Gasteiger charge is -2.10. The van der Waals surface area contributed by atoms with E-state index in [0.717, 1.165) is 18.2 Å². The van der Waals surface area contributed by atoms with Crippen LogP contribution in [0, 0.1) is 36.8 Å². The molecule has 1 aromatic carbocycles. The first-order chi connectivity index (χ1) is 12.7. The van der Waals surface area contributed by atoms with Crippen molar-refractivity contribution in [1.29, 1.82) is 5.26 Å². The second kappa shape index (κ2) is 8.36. The van der Waals surface area contributed by atoms with Gasteiger partial charge in [-0.25, -0.2) is 8.78 Å². The van der Waals surface area contributed by atoms with Crippen LogP contribution in [0.5, 0.6) is 0 Å². The lowest BCUT2D eigenvalue weighted by Crippen LogP contribution is -2.18. The number of nitrogens with zero attached hydrogens (tertiary/aromatic N) is 1. The summed E-state index contributed by atoms with van der Waals surface area (Å²) in [6, 6.07) is 4.25. The molecule has 1 aromatic heterocycles. The van der Waals surface area contributed by atoms with Crippen LogP contribution in [0.25, 0.3) is 0 Å². The molecule has 1 N–H and O–H groups in total. The number of carbonyl (C=O) groups excluding carboxylic acids is 2. The highest BCUT2D eigenvalue weighted by atomic mass is 19.1. The van der Waals surface area contributed by atoms with E-state index in [1.54, 1.807) is 13.8 Å². The number of hydrogen-bond donors (Lipinski definition) is 1. The number of nitrogens with one attached hydrogen (secondary N) is 1. The van der Waals surface area contributed by atoms with Crippen LogP contribution in [-0.4, -0.2) is 23.3 Å². The van der Waals surface area contributed by atoms with Crippen molar-refractivity contribution >= 4 is 11.8 Å². The number of H-pyrrole nitrogens is 1. The average molecular weight is 374 g/mol. The second-order valence-electron chi connectivity index (χ2n) is 5.88. The number of rotatable bonds is 6. The largest absolute Gasteiger partial charge is 0.457 e. The average Bonchev–Trinajstić information content (AvgIpc) is 2.61. The predicted octanol–water partition coefficient (Wildman–Crippen LogP) is 2.50. The molecular formula is C19H16F2N2O4. The van der Waals surface area contributed by atoms with E-state index in [0.29, 0.717) is 16.8 Å². The van der Waals surface area contributed by atoms with Gasteiger partial charge in [-0.2, -0.15) is 5.26 Å². The molecule has 0 bridgehead atoms. The molecule has 0 unspecified atom stereocenters. The van der Waals surface area contributed by atoms with E-state index in [1.165, 1.54) is 0 Å². The maximum atomic E-state index is 13.5. The van der Waals surface area contributed by atoms with Gasteiger partial charge < -0.3 is 9.72 Å². The summed E-state index contributed by atoms with van der Waals surface area (Å²) in [5.74, 6) is -3.25. The molecule has 0 saturated carbocycles. The van der Waals surface area contributed by atoms with E-state index < -0.39 is 41.1 Å². The molecule has 0 aliphatic heterocycles. The number of benzene rings is 1. The molecule has 0 aliphatic carbocycles. The molecular weight excluding hydrogens is 358 g/mol. The fourth-order valence-corrected chi connectivity index (χ4v) is 2.65. The Morgan fingerprint density at radius 2 is 1.96 bits per heavy atom. The third-order valence-electron chi connectivity index (χ3n) is 4.09. The summed E-state index contributed by atoms with van der Waals surface area (Å²) in [7, 11) is 0. The zero-order chi connectivity index (χ0) is 20.1. The maximum Gasteiger partial charge on any atom is 0.306 e. The lowest BCUT2D eigenvalue weighted by molar-refractivity contribution is -0.142. The van der Waals surface area contributed by atoms with Crippen molar-refractivity contribution < 1.29 is 23.1 Å². The zero-order valence-corrected chi connectivity index (χ0v) is 14.7. The van der Waals surface area contributed by atoms with Gasteiger partial charge in [-0.1, -0.05) is 0 Å². The maximum absolute atomic E-state index is 13.5. The Kier molecular flexibility index (Phi) is 6.19. The van der Waals surface area contributed by atoms with E-state index >= 15 is 0 Å². The van der Waals surface area contributed by atoms with Crippen molar-refractivity contribution in [3.05, 3.63) is 68.1 Å². The molecule has 140 valence electrons. The first-order valence-corrected chi connectivity index (χ1v) is 8.01. The minimum absolute atomic E-state index is 0.0271. The number of esters is 1. The summed E-state index contributed by atoms with van der Waals surface area (Å²) in [6.45, 7) is 2.54. The second-order valence-corrected chi connectivity index (χ2v) is 5.88. The number of hydrogen-bond acceptors (Lipinski definition) is 5. The van der Waals surface area contributed by atoms with Crippen LogP contribution in [0.4, 0.5) is 8.78 Å². The topological polar surface area (TPSA) is 100 Å². The number of carbonyl (C=O) groups is 2. The number of halogens is 2. The van der Waals surface area contributed by atoms with E-state index in [2.05, 4.69) is 4.98 Å². The Balaban J connectivity index is 2.00. The first-order valence-electron chi connectivity index (χ1n) is 8.01. The monoisotopic (exact) mass is 374 g/mol. The summed E-state index contributed by atoms with van der Waals surface area (Å²) in [5, 5.41) is 9.03. The van der Waals surface area contributed by atoms with Crippen molar-refractivity contribution in [2.45, 2.75) is 26.7 Å². The van der Waals surface area contributed by atoms with Gasteiger partial charge in [-0.15, -0.1) is 0 Å². The van der Waals surface area contributed by atoms with Gasteiger partial charge in [0, 0.05) is 12.1 Å². The van der Waals surface area contributed by atoms with E-state index in [4.69, 9.17) is 10.00 Å². The number of ketones is 1. The van der Waals surface area contributed by atoms with E-state index in [-0.39, 0.29) is 18.4 Å². The van der Waals surface area contributed by atoms with Crippen molar-refractivity contribution in [2.24, 2.45) is 0 Å². The van der Waals surface area contributed by atoms with Crippen LogP contribution in [0.1, 0.15) is 39.2 Å². The number of Topliss-reactive ketones (excluding diaryl/α,β-unsaturated/α-hetero) is 1. The van der Waals surface area contributed by atoms with Crippen LogP contribution < -0.4 is 5.56 Å². The third kappa shape index (κ3) is 4.64. The van der Waals surface area contributed by atoms with Gasteiger partial charge in [-0.3, -0.25) is 14.4 Å². The number of aryl methyl sites for hydroxylation is 1. The third-order valence-corrected chi connectivity index (χ3v) is 4.09. The van der Waals surface area contributed by atoms with Gasteiger partial charge in [0.15, 0.2) is 6.61 Å². The minimum Gasteiger partial charge on any atom is -0.457 e. The van der Waals surface area contributed by atoms with Crippen molar-refractivity contribution in [3.63, 3.8) is 0 Å². The van der Waals surface area contributed by atoms with Gasteiger partial charge in [0.1, 0.15) is 23.3 Å². The molecule has 0 radical (unpaired) electrons. The highest BCUT2D eigenvalue weighted by Gasteiger charge is 2.17. The smallest absolute Gasteiger partial charge is 0.306 e. The SMILES string of the molecule is Cc1[nH]c(=O)c(C#N)c(C)c1CCC(=O)OCC(=O)c1cc(F)ccc1F. The minimum atomic E-state index is -0.902. The van der Waals surface area contributed by atoms with Gasteiger partial charge in [0.05, 0.1) is 5.56 Å². The molecule has 0 saturated heterocycles. The zero-order valence-electron chi connectivity index (χ0n) is 14.7. The Labute approximate surface area is 153 Å². The normalized spacial score (nSPS) is 10.3. The van der Waals surface area contributed by atoms with Gasteiger partial charge >= 0.3 is 5.97 Å². The summed E-state index contributed by atoms with van der Waals surface area (Å²) < 4.78 is 31.4. The molecule has 6 nitrogen and oxygen atoms in total. The molecule has 0 aliphatic rings. The standard InChI is InChI=1S/C19H16F2N2O4/c1-10-13(11(2)23-19(26)15(10)8-22)4-6-18(25)27-9-17(24)14-7-12(20)3-5-16(14)21/h3,5,7H,4,6,9H2,1-2H3,(H,23,26). The number of aromatic amines is 1. The number of aromatic nitrogens is 1. The molecule has 0 spiro atoms. The molecule has 1 heterocycles. The van der Waals surface area contributed by atoms with Gasteiger partial charge in [-0.05, 0) is 49.6 Å². The summed E-state index contributed by atoms with van der Waals surface area (Å²) in [6.07, 6.45) is 0.0714. The first kappa shape index (κ1) is 20.0.